The fourth-order valence-electron chi connectivity index (χ4n) is 6.93. The van der Waals surface area contributed by atoms with Crippen LogP contribution in [0.3, 0.4) is 0 Å². The van der Waals surface area contributed by atoms with Crippen molar-refractivity contribution < 1.29 is 4.42 Å². The predicted molar refractivity (Wildman–Crippen MR) is 183 cm³/mol. The Morgan fingerprint density at radius 3 is 1.60 bits per heavy atom. The molecule has 0 unspecified atom stereocenters. The van der Waals surface area contributed by atoms with Gasteiger partial charge in [-0.15, -0.1) is 0 Å². The third-order valence-electron chi connectivity index (χ3n) is 8.84. The Morgan fingerprint density at radius 2 is 0.907 bits per heavy atom. The van der Waals surface area contributed by atoms with Gasteiger partial charge in [0.1, 0.15) is 11.2 Å². The third-order valence-corrected chi connectivity index (χ3v) is 8.84. The zero-order valence-electron chi connectivity index (χ0n) is 23.4. The highest BCUT2D eigenvalue weighted by Gasteiger charge is 2.19. The topological polar surface area (TPSA) is 13.1 Å². The van der Waals surface area contributed by atoms with E-state index in [1.54, 1.807) is 0 Å². The number of rotatable bonds is 3. The summed E-state index contributed by atoms with van der Waals surface area (Å²) in [6.07, 6.45) is 0. The van der Waals surface area contributed by atoms with Crippen LogP contribution < -0.4 is 0 Å². The number of hydrogen-bond donors (Lipinski definition) is 0. The maximum atomic E-state index is 6.53. The van der Waals surface area contributed by atoms with E-state index >= 15 is 0 Å². The van der Waals surface area contributed by atoms with Crippen molar-refractivity contribution in [3.05, 3.63) is 158 Å². The van der Waals surface area contributed by atoms with Gasteiger partial charge in [0.05, 0.1) is 0 Å². The van der Waals surface area contributed by atoms with E-state index in [0.717, 1.165) is 27.5 Å². The summed E-state index contributed by atoms with van der Waals surface area (Å²) in [5.74, 6) is 0. The van der Waals surface area contributed by atoms with Crippen LogP contribution in [-0.2, 0) is 0 Å². The fourth-order valence-corrected chi connectivity index (χ4v) is 6.93. The SMILES string of the molecule is c1ccc(-c2cccc3oc4cc(-c5c6ccccc6c(-c6ccc7ccccc7c6)c6ccccc56)ccc4c23)cc1. The smallest absolute Gasteiger partial charge is 0.136 e. The summed E-state index contributed by atoms with van der Waals surface area (Å²) in [7, 11) is 0. The molecule has 0 aliphatic rings. The summed E-state index contributed by atoms with van der Waals surface area (Å²) in [6, 6.07) is 56.7. The van der Waals surface area contributed by atoms with Crippen LogP contribution in [0.5, 0.6) is 0 Å². The first-order chi connectivity index (χ1) is 21.3. The molecular formula is C42H26O. The molecule has 1 aromatic heterocycles. The first-order valence-electron chi connectivity index (χ1n) is 14.8. The highest BCUT2D eigenvalue weighted by atomic mass is 16.3. The van der Waals surface area contributed by atoms with Crippen molar-refractivity contribution in [1.82, 2.24) is 0 Å². The lowest BCUT2D eigenvalue weighted by Gasteiger charge is -2.18. The predicted octanol–water partition coefficient (Wildman–Crippen LogP) is 12.0. The Hall–Kier alpha value is -5.66. The van der Waals surface area contributed by atoms with Gasteiger partial charge in [-0.2, -0.15) is 0 Å². The molecule has 0 radical (unpaired) electrons. The van der Waals surface area contributed by atoms with Crippen molar-refractivity contribution in [2.24, 2.45) is 0 Å². The molecule has 1 heteroatoms. The molecular weight excluding hydrogens is 520 g/mol. The van der Waals surface area contributed by atoms with Gasteiger partial charge in [0.15, 0.2) is 0 Å². The van der Waals surface area contributed by atoms with E-state index in [1.165, 1.54) is 60.1 Å². The molecule has 200 valence electrons. The summed E-state index contributed by atoms with van der Waals surface area (Å²) in [5, 5.41) is 9.80. The van der Waals surface area contributed by atoms with Crippen LogP contribution in [-0.4, -0.2) is 0 Å². The molecule has 0 saturated carbocycles. The number of fused-ring (bicyclic) bond motifs is 6. The Labute approximate surface area is 249 Å². The van der Waals surface area contributed by atoms with Crippen LogP contribution in [0.25, 0.3) is 87.6 Å². The normalized spacial score (nSPS) is 11.7. The van der Waals surface area contributed by atoms with Gasteiger partial charge in [-0.1, -0.05) is 133 Å². The second kappa shape index (κ2) is 9.44. The second-order valence-electron chi connectivity index (χ2n) is 11.3. The van der Waals surface area contributed by atoms with Gasteiger partial charge in [0.25, 0.3) is 0 Å². The van der Waals surface area contributed by atoms with Crippen molar-refractivity contribution in [3.63, 3.8) is 0 Å². The van der Waals surface area contributed by atoms with Crippen molar-refractivity contribution in [3.8, 4) is 33.4 Å². The van der Waals surface area contributed by atoms with Gasteiger partial charge in [-0.3, -0.25) is 0 Å². The zero-order chi connectivity index (χ0) is 28.3. The molecule has 0 fully saturated rings. The van der Waals surface area contributed by atoms with E-state index in [4.69, 9.17) is 4.42 Å². The van der Waals surface area contributed by atoms with Crippen molar-refractivity contribution in [2.75, 3.05) is 0 Å². The number of furan rings is 1. The minimum absolute atomic E-state index is 0.905. The van der Waals surface area contributed by atoms with Crippen molar-refractivity contribution in [1.29, 1.82) is 0 Å². The molecule has 0 amide bonds. The third kappa shape index (κ3) is 3.72. The summed E-state index contributed by atoms with van der Waals surface area (Å²) < 4.78 is 6.53. The van der Waals surface area contributed by atoms with Crippen LogP contribution in [0.15, 0.2) is 162 Å². The molecule has 0 aliphatic carbocycles. The summed E-state index contributed by atoms with van der Waals surface area (Å²) in [6.45, 7) is 0. The van der Waals surface area contributed by atoms with Crippen LogP contribution in [0.4, 0.5) is 0 Å². The monoisotopic (exact) mass is 546 g/mol. The van der Waals surface area contributed by atoms with Crippen LogP contribution >= 0.6 is 0 Å². The summed E-state index contributed by atoms with van der Waals surface area (Å²) >= 11 is 0. The first-order valence-corrected chi connectivity index (χ1v) is 14.8. The standard InChI is InChI=1S/C42H26O/c1-2-12-28(13-3-1)32-19-10-20-38-42(32)37-24-23-31(26-39(37)43-38)41-35-17-8-6-15-33(35)40(34-16-7-9-18-36(34)41)30-22-21-27-11-4-5-14-29(27)25-30/h1-26H. The van der Waals surface area contributed by atoms with Gasteiger partial charge in [0, 0.05) is 10.8 Å². The minimum Gasteiger partial charge on any atom is -0.456 e. The fraction of sp³-hybridized carbons (Fsp3) is 0. The van der Waals surface area contributed by atoms with Gasteiger partial charge in [-0.25, -0.2) is 0 Å². The van der Waals surface area contributed by atoms with Crippen LogP contribution in [0.1, 0.15) is 0 Å². The highest BCUT2D eigenvalue weighted by Crippen LogP contribution is 2.45. The maximum Gasteiger partial charge on any atom is 0.136 e. The Morgan fingerprint density at radius 1 is 0.326 bits per heavy atom. The average molecular weight is 547 g/mol. The lowest BCUT2D eigenvalue weighted by atomic mass is 9.85. The molecule has 0 bridgehead atoms. The van der Waals surface area contributed by atoms with Crippen molar-refractivity contribution >= 4 is 54.3 Å². The molecule has 9 aromatic rings. The molecule has 1 heterocycles. The Kier molecular flexibility index (Phi) is 5.27. The van der Waals surface area contributed by atoms with E-state index in [9.17, 15) is 0 Å². The molecule has 0 spiro atoms. The first kappa shape index (κ1) is 24.0. The van der Waals surface area contributed by atoms with E-state index in [2.05, 4.69) is 158 Å². The van der Waals surface area contributed by atoms with Gasteiger partial charge in [-0.05, 0) is 90.0 Å². The molecule has 0 aliphatic heterocycles. The number of benzene rings is 8. The second-order valence-corrected chi connectivity index (χ2v) is 11.3. The van der Waals surface area contributed by atoms with E-state index in [0.29, 0.717) is 0 Å². The summed E-state index contributed by atoms with van der Waals surface area (Å²) in [5.41, 5.74) is 9.11. The molecule has 0 atom stereocenters. The maximum absolute atomic E-state index is 6.53. The van der Waals surface area contributed by atoms with E-state index in [1.807, 2.05) is 0 Å². The van der Waals surface area contributed by atoms with E-state index < -0.39 is 0 Å². The Balaban J connectivity index is 1.32. The molecule has 1 nitrogen and oxygen atoms in total. The average Bonchev–Trinajstić information content (AvgIpc) is 3.45. The van der Waals surface area contributed by atoms with Crippen molar-refractivity contribution in [2.45, 2.75) is 0 Å². The largest absolute Gasteiger partial charge is 0.456 e. The van der Waals surface area contributed by atoms with Gasteiger partial charge in [0.2, 0.25) is 0 Å². The van der Waals surface area contributed by atoms with Crippen LogP contribution in [0.2, 0.25) is 0 Å². The lowest BCUT2D eigenvalue weighted by Crippen LogP contribution is -1.91. The molecule has 9 rings (SSSR count). The highest BCUT2D eigenvalue weighted by molar-refractivity contribution is 6.22. The van der Waals surface area contributed by atoms with Gasteiger partial charge >= 0.3 is 0 Å². The summed E-state index contributed by atoms with van der Waals surface area (Å²) in [4.78, 5) is 0. The van der Waals surface area contributed by atoms with Gasteiger partial charge < -0.3 is 4.42 Å². The molecule has 8 aromatic carbocycles. The number of hydrogen-bond acceptors (Lipinski definition) is 1. The van der Waals surface area contributed by atoms with Crippen LogP contribution in [0, 0.1) is 0 Å². The lowest BCUT2D eigenvalue weighted by molar-refractivity contribution is 0.669. The molecule has 0 saturated heterocycles. The quantitative estimate of drug-likeness (QED) is 0.201. The molecule has 43 heavy (non-hydrogen) atoms. The molecule has 0 N–H and O–H groups in total. The van der Waals surface area contributed by atoms with E-state index in [-0.39, 0.29) is 0 Å². The Bertz CT molecular complexity index is 2440. The zero-order valence-corrected chi connectivity index (χ0v) is 23.4. The minimum atomic E-state index is 0.905.